The van der Waals surface area contributed by atoms with Crippen LogP contribution in [0, 0.1) is 0 Å². The average molecular weight is 311 g/mol. The first-order chi connectivity index (χ1) is 9.75. The molecule has 3 heterocycles. The summed E-state index contributed by atoms with van der Waals surface area (Å²) < 4.78 is 0. The predicted molar refractivity (Wildman–Crippen MR) is 81.2 cm³/mol. The van der Waals surface area contributed by atoms with Gasteiger partial charge in [-0.15, -0.1) is 11.3 Å². The molecule has 2 fully saturated rings. The van der Waals surface area contributed by atoms with Crippen molar-refractivity contribution in [1.82, 2.24) is 15.1 Å². The van der Waals surface area contributed by atoms with Crippen molar-refractivity contribution < 1.29 is 9.59 Å². The first kappa shape index (κ1) is 13.8. The van der Waals surface area contributed by atoms with Crippen molar-refractivity contribution >= 4 is 35.2 Å². The predicted octanol–water partition coefficient (Wildman–Crippen LogP) is 2.37. The lowest BCUT2D eigenvalue weighted by atomic mass is 10.2. The summed E-state index contributed by atoms with van der Waals surface area (Å²) in [6, 6.07) is 3.82. The minimum absolute atomic E-state index is 0.146. The van der Waals surface area contributed by atoms with Crippen LogP contribution in [-0.4, -0.2) is 53.8 Å². The standard InChI is InChI=1S/C13H17N3O2S2/c17-12-14-4-6-16(12)13(18)15-5-3-11(20-9-7-15)10-2-1-8-19-10/h1-2,8,11H,3-7,9H2,(H,14,17). The fourth-order valence-corrected chi connectivity index (χ4v) is 4.73. The summed E-state index contributed by atoms with van der Waals surface area (Å²) in [6.45, 7) is 2.48. The highest BCUT2D eigenvalue weighted by Crippen LogP contribution is 2.36. The molecule has 2 aliphatic rings. The van der Waals surface area contributed by atoms with Gasteiger partial charge in [-0.05, 0) is 17.9 Å². The second-order valence-corrected chi connectivity index (χ2v) is 7.11. The maximum absolute atomic E-state index is 12.3. The summed E-state index contributed by atoms with van der Waals surface area (Å²) in [5.41, 5.74) is 0. The maximum atomic E-state index is 12.3. The van der Waals surface area contributed by atoms with E-state index in [9.17, 15) is 9.59 Å². The van der Waals surface area contributed by atoms with E-state index in [-0.39, 0.29) is 12.1 Å². The molecule has 0 radical (unpaired) electrons. The lowest BCUT2D eigenvalue weighted by Crippen LogP contribution is -2.45. The van der Waals surface area contributed by atoms with E-state index in [4.69, 9.17) is 0 Å². The number of hydrogen-bond acceptors (Lipinski definition) is 4. The smallest absolute Gasteiger partial charge is 0.328 e. The van der Waals surface area contributed by atoms with E-state index >= 15 is 0 Å². The first-order valence-corrected chi connectivity index (χ1v) is 8.68. The van der Waals surface area contributed by atoms with E-state index in [0.29, 0.717) is 18.3 Å². The maximum Gasteiger partial charge on any atom is 0.328 e. The van der Waals surface area contributed by atoms with Crippen LogP contribution in [0.25, 0.3) is 0 Å². The van der Waals surface area contributed by atoms with Crippen LogP contribution in [0.15, 0.2) is 17.5 Å². The van der Waals surface area contributed by atoms with E-state index in [1.54, 1.807) is 11.3 Å². The number of nitrogens with one attached hydrogen (secondary N) is 1. The first-order valence-electron chi connectivity index (χ1n) is 6.75. The third-order valence-corrected chi connectivity index (χ3v) is 6.01. The van der Waals surface area contributed by atoms with Gasteiger partial charge in [0.15, 0.2) is 0 Å². The fraction of sp³-hybridized carbons (Fsp3) is 0.538. The van der Waals surface area contributed by atoms with Crippen molar-refractivity contribution in [2.24, 2.45) is 0 Å². The van der Waals surface area contributed by atoms with Crippen molar-refractivity contribution in [1.29, 1.82) is 0 Å². The van der Waals surface area contributed by atoms with E-state index in [1.807, 2.05) is 16.7 Å². The molecule has 108 valence electrons. The number of thiophene rings is 1. The molecule has 20 heavy (non-hydrogen) atoms. The zero-order chi connectivity index (χ0) is 13.9. The van der Waals surface area contributed by atoms with Crippen LogP contribution in [0.5, 0.6) is 0 Å². The molecule has 1 atom stereocenters. The minimum Gasteiger partial charge on any atom is -0.336 e. The number of carbonyl (C=O) groups is 2. The minimum atomic E-state index is -0.262. The van der Waals surface area contributed by atoms with Gasteiger partial charge < -0.3 is 10.2 Å². The Morgan fingerprint density at radius 3 is 2.95 bits per heavy atom. The summed E-state index contributed by atoms with van der Waals surface area (Å²) in [4.78, 5) is 28.4. The Bertz CT molecular complexity index is 492. The molecular formula is C13H17N3O2S2. The second kappa shape index (κ2) is 6.05. The van der Waals surface area contributed by atoms with Crippen LogP contribution >= 0.6 is 23.1 Å². The Hall–Kier alpha value is -1.21. The normalized spacial score (nSPS) is 23.6. The molecule has 0 spiro atoms. The van der Waals surface area contributed by atoms with Gasteiger partial charge in [0.25, 0.3) is 0 Å². The van der Waals surface area contributed by atoms with Gasteiger partial charge in [-0.1, -0.05) is 6.07 Å². The Morgan fingerprint density at radius 1 is 1.35 bits per heavy atom. The highest BCUT2D eigenvalue weighted by Gasteiger charge is 2.31. The van der Waals surface area contributed by atoms with Crippen LogP contribution in [-0.2, 0) is 0 Å². The molecular weight excluding hydrogens is 294 g/mol. The molecule has 1 unspecified atom stereocenters. The van der Waals surface area contributed by atoms with Crippen molar-refractivity contribution in [2.45, 2.75) is 11.7 Å². The summed E-state index contributed by atoms with van der Waals surface area (Å²) in [6.07, 6.45) is 0.951. The number of urea groups is 2. The molecule has 1 aromatic rings. The molecule has 7 heteroatoms. The lowest BCUT2D eigenvalue weighted by Gasteiger charge is -2.24. The highest BCUT2D eigenvalue weighted by atomic mass is 32.2. The molecule has 0 bridgehead atoms. The zero-order valence-corrected chi connectivity index (χ0v) is 12.7. The van der Waals surface area contributed by atoms with E-state index in [0.717, 1.165) is 25.3 Å². The fourth-order valence-electron chi connectivity index (χ4n) is 2.49. The number of nitrogens with zero attached hydrogens (tertiary/aromatic N) is 2. The molecule has 0 saturated carbocycles. The van der Waals surface area contributed by atoms with E-state index in [2.05, 4.69) is 22.8 Å². The summed E-state index contributed by atoms with van der Waals surface area (Å²) in [7, 11) is 0. The van der Waals surface area contributed by atoms with Gasteiger partial charge in [0.05, 0.1) is 0 Å². The third-order valence-electron chi connectivity index (χ3n) is 3.56. The van der Waals surface area contributed by atoms with Crippen molar-refractivity contribution in [3.63, 3.8) is 0 Å². The van der Waals surface area contributed by atoms with Crippen LogP contribution in [0.2, 0.25) is 0 Å². The van der Waals surface area contributed by atoms with Crippen LogP contribution < -0.4 is 5.32 Å². The van der Waals surface area contributed by atoms with Crippen LogP contribution in [0.1, 0.15) is 16.5 Å². The summed E-state index contributed by atoms with van der Waals surface area (Å²) in [5, 5.41) is 5.24. The number of amides is 4. The Kier molecular flexibility index (Phi) is 4.16. The van der Waals surface area contributed by atoms with Crippen molar-refractivity contribution in [3.8, 4) is 0 Å². The molecule has 0 aliphatic carbocycles. The summed E-state index contributed by atoms with van der Waals surface area (Å²) >= 11 is 3.68. The molecule has 1 aromatic heterocycles. The highest BCUT2D eigenvalue weighted by molar-refractivity contribution is 7.99. The van der Waals surface area contributed by atoms with Crippen LogP contribution in [0.4, 0.5) is 9.59 Å². The van der Waals surface area contributed by atoms with Crippen molar-refractivity contribution in [3.05, 3.63) is 22.4 Å². The lowest BCUT2D eigenvalue weighted by molar-refractivity contribution is 0.166. The Labute approximate surface area is 126 Å². The van der Waals surface area contributed by atoms with Gasteiger partial charge in [-0.2, -0.15) is 11.8 Å². The van der Waals surface area contributed by atoms with E-state index < -0.39 is 0 Å². The van der Waals surface area contributed by atoms with Crippen LogP contribution in [0.3, 0.4) is 0 Å². The SMILES string of the molecule is O=C1NCCN1C(=O)N1CCSC(c2cccs2)CC1. The third kappa shape index (κ3) is 2.78. The molecule has 2 saturated heterocycles. The molecule has 2 aliphatic heterocycles. The quantitative estimate of drug-likeness (QED) is 0.866. The molecule has 4 amide bonds. The van der Waals surface area contributed by atoms with Gasteiger partial charge >= 0.3 is 12.1 Å². The molecule has 0 aromatic carbocycles. The average Bonchev–Trinajstić information content (AvgIpc) is 3.05. The van der Waals surface area contributed by atoms with Gasteiger partial charge in [0.2, 0.25) is 0 Å². The van der Waals surface area contributed by atoms with Gasteiger partial charge in [0, 0.05) is 42.1 Å². The number of rotatable bonds is 1. The molecule has 1 N–H and O–H groups in total. The number of carbonyl (C=O) groups excluding carboxylic acids is 2. The number of hydrogen-bond donors (Lipinski definition) is 1. The zero-order valence-electron chi connectivity index (χ0n) is 11.1. The number of imide groups is 1. The summed E-state index contributed by atoms with van der Waals surface area (Å²) in [5.74, 6) is 0.920. The second-order valence-electron chi connectivity index (χ2n) is 4.82. The van der Waals surface area contributed by atoms with Crippen molar-refractivity contribution in [2.75, 3.05) is 31.9 Å². The van der Waals surface area contributed by atoms with E-state index in [1.165, 1.54) is 9.78 Å². The Morgan fingerprint density at radius 2 is 2.25 bits per heavy atom. The Balaban J connectivity index is 1.62. The van der Waals surface area contributed by atoms with Gasteiger partial charge in [-0.3, -0.25) is 0 Å². The molecule has 3 rings (SSSR count). The largest absolute Gasteiger partial charge is 0.336 e. The van der Waals surface area contributed by atoms with Gasteiger partial charge in [-0.25, -0.2) is 14.5 Å². The molecule has 5 nitrogen and oxygen atoms in total. The number of thioether (sulfide) groups is 1. The topological polar surface area (TPSA) is 52.7 Å². The monoisotopic (exact) mass is 311 g/mol. The van der Waals surface area contributed by atoms with Gasteiger partial charge in [0.1, 0.15) is 0 Å².